The van der Waals surface area contributed by atoms with Gasteiger partial charge in [-0.3, -0.25) is 9.69 Å². The number of carboxylic acid groups (broad SMARTS) is 1. The molecule has 0 saturated heterocycles. The highest BCUT2D eigenvalue weighted by atomic mass is 32.2. The number of carboxylic acids is 1. The zero-order valence-corrected chi connectivity index (χ0v) is 16.1. The van der Waals surface area contributed by atoms with E-state index in [1.165, 1.54) is 17.2 Å². The average molecular weight is 395 g/mol. The highest BCUT2D eigenvalue weighted by molar-refractivity contribution is 7.91. The molecule has 140 valence electrons. The maximum Gasteiger partial charge on any atom is 0.308 e. The maximum atomic E-state index is 12.5. The number of hydrogen-bond acceptors (Lipinski definition) is 5. The summed E-state index contributed by atoms with van der Waals surface area (Å²) >= 11 is 1.00. The lowest BCUT2D eigenvalue weighted by molar-refractivity contribution is -0.136. The molecule has 0 radical (unpaired) electrons. The molecule has 0 saturated carbocycles. The Hall–Kier alpha value is -1.74. The molecule has 1 aliphatic heterocycles. The second-order valence-corrected chi connectivity index (χ2v) is 9.64. The summed E-state index contributed by atoms with van der Waals surface area (Å²) in [7, 11) is -3.62. The van der Waals surface area contributed by atoms with Crippen molar-refractivity contribution < 1.29 is 18.3 Å². The van der Waals surface area contributed by atoms with Gasteiger partial charge in [0.15, 0.2) is 0 Å². The van der Waals surface area contributed by atoms with E-state index in [1.807, 2.05) is 19.1 Å². The zero-order valence-electron chi connectivity index (χ0n) is 14.5. The van der Waals surface area contributed by atoms with Gasteiger partial charge in [-0.15, -0.1) is 11.3 Å². The molecule has 1 aromatic heterocycles. The van der Waals surface area contributed by atoms with E-state index in [1.54, 1.807) is 6.07 Å². The number of thiophene rings is 1. The van der Waals surface area contributed by atoms with E-state index in [2.05, 4.69) is 21.8 Å². The van der Waals surface area contributed by atoms with Gasteiger partial charge in [0.2, 0.25) is 10.0 Å². The predicted molar refractivity (Wildman–Crippen MR) is 101 cm³/mol. The van der Waals surface area contributed by atoms with Gasteiger partial charge in [0, 0.05) is 30.6 Å². The van der Waals surface area contributed by atoms with Crippen LogP contribution in [0.2, 0.25) is 0 Å². The topological polar surface area (TPSA) is 86.7 Å². The molecule has 1 aromatic carbocycles. The zero-order chi connectivity index (χ0) is 18.7. The summed E-state index contributed by atoms with van der Waals surface area (Å²) in [5, 5.41) is 8.81. The van der Waals surface area contributed by atoms with E-state index >= 15 is 0 Å². The van der Waals surface area contributed by atoms with Gasteiger partial charge in [-0.2, -0.15) is 0 Å². The molecular formula is C18H22N2O4S2. The average Bonchev–Trinajstić information content (AvgIpc) is 3.08. The summed E-state index contributed by atoms with van der Waals surface area (Å²) < 4.78 is 27.7. The van der Waals surface area contributed by atoms with Crippen LogP contribution in [-0.4, -0.2) is 43.5 Å². The summed E-state index contributed by atoms with van der Waals surface area (Å²) in [6.07, 6.45) is 0.806. The highest BCUT2D eigenvalue weighted by Crippen LogP contribution is 2.23. The number of hydrogen-bond donors (Lipinski definition) is 2. The lowest BCUT2D eigenvalue weighted by atomic mass is 9.99. The van der Waals surface area contributed by atoms with E-state index in [0.717, 1.165) is 30.8 Å². The Morgan fingerprint density at radius 1 is 1.27 bits per heavy atom. The number of nitrogens with zero attached hydrogens (tertiary/aromatic N) is 1. The number of carbonyl (C=O) groups is 1. The number of benzene rings is 1. The molecule has 1 atom stereocenters. The van der Waals surface area contributed by atoms with Gasteiger partial charge in [-0.1, -0.05) is 24.3 Å². The largest absolute Gasteiger partial charge is 0.481 e. The Labute approximate surface area is 157 Å². The fourth-order valence-electron chi connectivity index (χ4n) is 3.07. The van der Waals surface area contributed by atoms with Crippen LogP contribution >= 0.6 is 11.3 Å². The van der Waals surface area contributed by atoms with Crippen LogP contribution in [0.15, 0.2) is 40.6 Å². The smallest absolute Gasteiger partial charge is 0.308 e. The number of sulfonamides is 1. The standard InChI is InChI=1S/C18H22N2O4S2/c1-13(20-9-8-14-4-2-3-5-15(14)12-20)11-19-26(23,24)18-7-6-16(25-18)10-17(21)22/h2-7,13,19H,8-12H2,1H3,(H,21,22). The first kappa shape index (κ1) is 19.0. The molecule has 3 rings (SSSR count). The van der Waals surface area contributed by atoms with Crippen LogP contribution < -0.4 is 4.72 Å². The normalized spacial score (nSPS) is 16.2. The molecule has 2 N–H and O–H groups in total. The quantitative estimate of drug-likeness (QED) is 0.751. The minimum absolute atomic E-state index is 0.0663. The molecule has 0 fully saturated rings. The van der Waals surface area contributed by atoms with Crippen LogP contribution in [0.1, 0.15) is 22.9 Å². The first-order chi connectivity index (χ1) is 12.3. The Kier molecular flexibility index (Phi) is 5.76. The number of nitrogens with one attached hydrogen (secondary N) is 1. The van der Waals surface area contributed by atoms with Crippen molar-refractivity contribution in [2.24, 2.45) is 0 Å². The van der Waals surface area contributed by atoms with Crippen LogP contribution in [0.4, 0.5) is 0 Å². The van der Waals surface area contributed by atoms with E-state index in [4.69, 9.17) is 5.11 Å². The van der Waals surface area contributed by atoms with Crippen molar-refractivity contribution in [1.29, 1.82) is 0 Å². The molecule has 6 nitrogen and oxygen atoms in total. The molecule has 1 unspecified atom stereocenters. The van der Waals surface area contributed by atoms with Crippen molar-refractivity contribution in [3.63, 3.8) is 0 Å². The number of aliphatic carboxylic acids is 1. The predicted octanol–water partition coefficient (Wildman–Crippen LogP) is 2.10. The lowest BCUT2D eigenvalue weighted by Gasteiger charge is -2.33. The molecule has 26 heavy (non-hydrogen) atoms. The highest BCUT2D eigenvalue weighted by Gasteiger charge is 2.23. The molecule has 0 aliphatic carbocycles. The van der Waals surface area contributed by atoms with E-state index < -0.39 is 16.0 Å². The second kappa shape index (κ2) is 7.87. The molecule has 0 spiro atoms. The van der Waals surface area contributed by atoms with Crippen LogP contribution in [0, 0.1) is 0 Å². The summed E-state index contributed by atoms with van der Waals surface area (Å²) in [4.78, 5) is 13.5. The minimum Gasteiger partial charge on any atom is -0.481 e. The van der Waals surface area contributed by atoms with E-state index in [-0.39, 0.29) is 16.7 Å². The van der Waals surface area contributed by atoms with Crippen LogP contribution in [0.5, 0.6) is 0 Å². The number of fused-ring (bicyclic) bond motifs is 1. The van der Waals surface area contributed by atoms with E-state index in [0.29, 0.717) is 11.4 Å². The minimum atomic E-state index is -3.62. The Morgan fingerprint density at radius 3 is 2.73 bits per heavy atom. The van der Waals surface area contributed by atoms with Gasteiger partial charge in [-0.25, -0.2) is 13.1 Å². The van der Waals surface area contributed by atoms with Gasteiger partial charge in [0.05, 0.1) is 6.42 Å². The van der Waals surface area contributed by atoms with E-state index in [9.17, 15) is 13.2 Å². The molecule has 2 aromatic rings. The van der Waals surface area contributed by atoms with Crippen LogP contribution in [0.25, 0.3) is 0 Å². The van der Waals surface area contributed by atoms with Crippen molar-refractivity contribution in [2.45, 2.75) is 36.6 Å². The Balaban J connectivity index is 1.59. The van der Waals surface area contributed by atoms with Gasteiger partial charge in [0.25, 0.3) is 0 Å². The fourth-order valence-corrected chi connectivity index (χ4v) is 5.58. The van der Waals surface area contributed by atoms with Gasteiger partial charge in [-0.05, 0) is 36.6 Å². The van der Waals surface area contributed by atoms with Gasteiger partial charge in [0.1, 0.15) is 4.21 Å². The summed E-state index contributed by atoms with van der Waals surface area (Å²) in [6, 6.07) is 11.4. The monoisotopic (exact) mass is 394 g/mol. The molecule has 1 aliphatic rings. The molecule has 0 bridgehead atoms. The van der Waals surface area contributed by atoms with Crippen molar-refractivity contribution in [3.8, 4) is 0 Å². The third kappa shape index (κ3) is 4.50. The van der Waals surface area contributed by atoms with Gasteiger partial charge < -0.3 is 5.11 Å². The Morgan fingerprint density at radius 2 is 2.00 bits per heavy atom. The summed E-state index contributed by atoms with van der Waals surface area (Å²) in [5.41, 5.74) is 2.66. The van der Waals surface area contributed by atoms with Crippen LogP contribution in [0.3, 0.4) is 0 Å². The molecule has 0 amide bonds. The van der Waals surface area contributed by atoms with Crippen LogP contribution in [-0.2, 0) is 34.2 Å². The number of rotatable bonds is 7. The third-order valence-electron chi connectivity index (χ3n) is 4.58. The Bertz CT molecular complexity index is 892. The molecular weight excluding hydrogens is 372 g/mol. The van der Waals surface area contributed by atoms with Crippen molar-refractivity contribution >= 4 is 27.3 Å². The van der Waals surface area contributed by atoms with Gasteiger partial charge >= 0.3 is 5.97 Å². The van der Waals surface area contributed by atoms with Crippen molar-refractivity contribution in [1.82, 2.24) is 9.62 Å². The molecule has 8 heteroatoms. The second-order valence-electron chi connectivity index (χ2n) is 6.48. The molecule has 2 heterocycles. The maximum absolute atomic E-state index is 12.5. The fraction of sp³-hybridized carbons (Fsp3) is 0.389. The first-order valence-corrected chi connectivity index (χ1v) is 10.8. The lowest BCUT2D eigenvalue weighted by Crippen LogP contribution is -2.44. The first-order valence-electron chi connectivity index (χ1n) is 8.46. The third-order valence-corrected chi connectivity index (χ3v) is 7.58. The SMILES string of the molecule is CC(CNS(=O)(=O)c1ccc(CC(=O)O)s1)N1CCc2ccccc2C1. The summed E-state index contributed by atoms with van der Waals surface area (Å²) in [6.45, 7) is 4.06. The van der Waals surface area contributed by atoms with Crippen molar-refractivity contribution in [3.05, 3.63) is 52.4 Å². The van der Waals surface area contributed by atoms with Crippen molar-refractivity contribution in [2.75, 3.05) is 13.1 Å². The summed E-state index contributed by atoms with van der Waals surface area (Å²) in [5.74, 6) is -0.970.